The second-order valence-electron chi connectivity index (χ2n) is 38.2. The normalized spacial score (nSPS) is 12.7. The number of aromatic nitrogens is 4. The van der Waals surface area contributed by atoms with E-state index < -0.39 is 111 Å². The number of alkyl carbamates (subject to hydrolysis) is 5. The number of ether oxygens (including phenoxy) is 7. The van der Waals surface area contributed by atoms with E-state index in [-0.39, 0.29) is 19.8 Å². The van der Waals surface area contributed by atoms with E-state index in [1.807, 2.05) is 206 Å². The summed E-state index contributed by atoms with van der Waals surface area (Å²) in [6, 6.07) is 65.2. The van der Waals surface area contributed by atoms with Crippen molar-refractivity contribution in [2.24, 2.45) is 0 Å². The lowest BCUT2D eigenvalue weighted by Crippen LogP contribution is -2.45. The van der Waals surface area contributed by atoms with Crippen molar-refractivity contribution in [3.05, 3.63) is 332 Å². The SMILES string of the molecule is CC(C)(C)OC(=O)NC(C=O)COCc1ccccc1.Cc1cc(C(O)C(COCc2ccccc2)NC(=O)OC(C)(C)C)cnc1Cc1ccccc1.Cc1cc(CC(C=O)NC(=O)OC(C)(C)C)cnc1Cc1ccccc1.Cc1cc(CC(CO)NC(=O)OC(C)(C)C)cnc1Cc1ccccc1.Cc1cc(CC(NC(=O)OC(C)(C)C)C(C)O)cnc1Cc1ccccc1.O=C(Cl)C(=O)Cl. The highest BCUT2D eigenvalue weighted by Gasteiger charge is 2.30. The van der Waals surface area contributed by atoms with E-state index >= 15 is 0 Å². The molecule has 0 bridgehead atoms. The summed E-state index contributed by atoms with van der Waals surface area (Å²) in [7, 11) is 0. The summed E-state index contributed by atoms with van der Waals surface area (Å²) in [4.78, 5) is 119. The lowest BCUT2D eigenvalue weighted by Gasteiger charge is -2.27. The molecular formula is C109H139Cl2N9O19. The Bertz CT molecular complexity index is 5410. The highest BCUT2D eigenvalue weighted by molar-refractivity contribution is 6.97. The van der Waals surface area contributed by atoms with Crippen LogP contribution in [0.5, 0.6) is 0 Å². The van der Waals surface area contributed by atoms with Gasteiger partial charge in [0, 0.05) is 85.2 Å². The number of aldehydes is 2. The number of aryl methyl sites for hydroxylation is 4. The van der Waals surface area contributed by atoms with Gasteiger partial charge in [0.15, 0.2) is 0 Å². The number of hydrogen-bond acceptors (Lipinski definition) is 23. The molecule has 0 aliphatic carbocycles. The van der Waals surface area contributed by atoms with Crippen LogP contribution in [-0.2, 0) is 110 Å². The topological polar surface area (TPSA) is 391 Å². The van der Waals surface area contributed by atoms with Crippen molar-refractivity contribution in [3.8, 4) is 0 Å². The number of amides is 5. The molecule has 8 N–H and O–H groups in total. The molecule has 0 spiro atoms. The number of rotatable bonds is 34. The third-order valence-corrected chi connectivity index (χ3v) is 20.0. The maximum absolute atomic E-state index is 12.4. The largest absolute Gasteiger partial charge is 0.444 e. The highest BCUT2D eigenvalue weighted by Crippen LogP contribution is 2.25. The van der Waals surface area contributed by atoms with Crippen molar-refractivity contribution >= 4 is 76.7 Å². The number of hydrogen-bond donors (Lipinski definition) is 8. The van der Waals surface area contributed by atoms with Crippen molar-refractivity contribution in [3.63, 3.8) is 0 Å². The fourth-order valence-electron chi connectivity index (χ4n) is 13.1. The highest BCUT2D eigenvalue weighted by atomic mass is 35.5. The first kappa shape index (κ1) is 117. The van der Waals surface area contributed by atoms with Crippen LogP contribution in [-0.4, -0.2) is 173 Å². The lowest BCUT2D eigenvalue weighted by molar-refractivity contribution is -0.127. The van der Waals surface area contributed by atoms with Crippen LogP contribution in [0.15, 0.2) is 231 Å². The second kappa shape index (κ2) is 58.9. The average Bonchev–Trinajstić information content (AvgIpc) is 0.824. The summed E-state index contributed by atoms with van der Waals surface area (Å²) in [5, 5.41) is 41.7. The van der Waals surface area contributed by atoms with Crippen LogP contribution in [0.4, 0.5) is 24.0 Å². The van der Waals surface area contributed by atoms with Gasteiger partial charge in [-0.05, 0) is 247 Å². The van der Waals surface area contributed by atoms with Gasteiger partial charge >= 0.3 is 41.0 Å². The van der Waals surface area contributed by atoms with E-state index in [0.29, 0.717) is 50.7 Å². The first-order chi connectivity index (χ1) is 65.4. The molecule has 28 nitrogen and oxygen atoms in total. The molecule has 6 aromatic carbocycles. The Morgan fingerprint density at radius 1 is 0.345 bits per heavy atom. The Balaban J connectivity index is 0.000000304. The smallest absolute Gasteiger partial charge is 0.408 e. The zero-order valence-corrected chi connectivity index (χ0v) is 85.1. The predicted molar refractivity (Wildman–Crippen MR) is 540 cm³/mol. The zero-order chi connectivity index (χ0) is 103. The molecule has 7 unspecified atom stereocenters. The Kier molecular flexibility index (Phi) is 49.5. The molecule has 4 aromatic heterocycles. The Labute approximate surface area is 828 Å². The number of aliphatic hydroxyl groups is 3. The van der Waals surface area contributed by atoms with Crippen LogP contribution in [0.2, 0.25) is 0 Å². The molecule has 4 heterocycles. The standard InChI is InChI=1S/C28H34N2O4.C22H30N2O3.C21H28N2O3.C21H26N2O3.C15H21NO4.C2Cl2O2/c1-20-15-23(17-29-24(20)16-21-11-7-5-8-12-21)26(31)25(30-27(32)34-28(2,3)4)19-33-18-22-13-9-6-10-14-22;1-15-11-18(14-23-19(15)12-17-9-7-6-8-10-17)13-20(16(2)25)24-21(26)27-22(3,4)5;2*1-15-10-17(11-18(14-24)23-20(25)26-21(2,3)4)13-22-19(15)12-16-8-6-5-7-9-16;1-15(2,3)20-14(18)16-13(9-17)11-19-10-12-7-5-4-6-8-12;3-1(5)2(4)6/h5-15,17,25-26,31H,16,18-19H2,1-4H3,(H,30,32);6-11,14,16,20,25H,12-13H2,1-5H3,(H,24,26);5-10,13,18,24H,11-12,14H2,1-4H3,(H,23,25);5-10,13-14,18H,11-12H2,1-4H3,(H,23,25);4-9,13H,10-11H2,1-3H3,(H,16,18);. The fraction of sp³-hybridized carbons (Fsp3) is 0.404. The van der Waals surface area contributed by atoms with Crippen molar-refractivity contribution in [1.29, 1.82) is 0 Å². The predicted octanol–water partition coefficient (Wildman–Crippen LogP) is 18.8. The van der Waals surface area contributed by atoms with Gasteiger partial charge in [-0.3, -0.25) is 29.5 Å². The van der Waals surface area contributed by atoms with Crippen molar-refractivity contribution in [2.75, 3.05) is 19.8 Å². The monoisotopic (exact) mass is 1950 g/mol. The molecule has 0 radical (unpaired) electrons. The molecule has 139 heavy (non-hydrogen) atoms. The number of aliphatic hydroxyl groups excluding tert-OH is 3. The number of carbonyl (C=O) groups excluding carboxylic acids is 9. The van der Waals surface area contributed by atoms with Gasteiger partial charge in [-0.2, -0.15) is 0 Å². The summed E-state index contributed by atoms with van der Waals surface area (Å²) in [5.74, 6) is 0. The minimum Gasteiger partial charge on any atom is -0.444 e. The molecule has 30 heteroatoms. The number of halogens is 2. The third-order valence-electron chi connectivity index (χ3n) is 19.5. The summed E-state index contributed by atoms with van der Waals surface area (Å²) in [6.45, 7) is 37.4. The van der Waals surface area contributed by atoms with Crippen LogP contribution < -0.4 is 26.6 Å². The molecule has 0 saturated carbocycles. The van der Waals surface area contributed by atoms with Crippen LogP contribution in [0, 0.1) is 27.7 Å². The number of carbonyl (C=O) groups is 9. The Hall–Kier alpha value is -12.7. The molecular weight excluding hydrogens is 1810 g/mol. The number of nitrogens with zero attached hydrogens (tertiary/aromatic N) is 4. The molecule has 7 atom stereocenters. The quantitative estimate of drug-likeness (QED) is 0.00803. The first-order valence-electron chi connectivity index (χ1n) is 45.9. The van der Waals surface area contributed by atoms with E-state index in [2.05, 4.69) is 130 Å². The maximum atomic E-state index is 12.4. The molecule has 0 aliphatic heterocycles. The van der Waals surface area contributed by atoms with Crippen LogP contribution in [0.3, 0.4) is 0 Å². The molecule has 0 aliphatic rings. The Morgan fingerprint density at radius 2 is 0.619 bits per heavy atom. The summed E-state index contributed by atoms with van der Waals surface area (Å²) in [6.07, 6.45) is 8.20. The van der Waals surface area contributed by atoms with E-state index in [9.17, 15) is 58.5 Å². The number of nitrogens with one attached hydrogen (secondary N) is 5. The number of benzene rings is 6. The Morgan fingerprint density at radius 3 is 0.914 bits per heavy atom. The minimum absolute atomic E-state index is 0.109. The first-order valence-corrected chi connectivity index (χ1v) is 46.6. The molecule has 10 aromatic rings. The van der Waals surface area contributed by atoms with E-state index in [1.54, 1.807) is 102 Å². The summed E-state index contributed by atoms with van der Waals surface area (Å²) in [5.41, 5.74) is 15.5. The zero-order valence-electron chi connectivity index (χ0n) is 83.5. The van der Waals surface area contributed by atoms with E-state index in [1.165, 1.54) is 22.3 Å². The molecule has 748 valence electrons. The van der Waals surface area contributed by atoms with E-state index in [4.69, 9.17) is 33.2 Å². The molecule has 10 rings (SSSR count). The van der Waals surface area contributed by atoms with Crippen molar-refractivity contribution in [2.45, 2.75) is 267 Å². The van der Waals surface area contributed by atoms with Crippen LogP contribution in [0.25, 0.3) is 0 Å². The van der Waals surface area contributed by atoms with Crippen molar-refractivity contribution in [1.82, 2.24) is 46.5 Å². The molecule has 0 fully saturated rings. The van der Waals surface area contributed by atoms with Gasteiger partial charge in [-0.1, -0.05) is 206 Å². The summed E-state index contributed by atoms with van der Waals surface area (Å²) < 4.78 is 37.4. The number of pyridine rings is 4. The lowest BCUT2D eigenvalue weighted by atomic mass is 10.00. The summed E-state index contributed by atoms with van der Waals surface area (Å²) >= 11 is 8.98. The molecule has 0 saturated heterocycles. The van der Waals surface area contributed by atoms with Gasteiger partial charge in [-0.25, -0.2) is 24.0 Å². The van der Waals surface area contributed by atoms with Gasteiger partial charge in [0.1, 0.15) is 52.7 Å². The van der Waals surface area contributed by atoms with Crippen LogP contribution in [0.1, 0.15) is 218 Å². The minimum atomic E-state index is -1.14. The van der Waals surface area contributed by atoms with Crippen LogP contribution >= 0.6 is 23.2 Å². The maximum Gasteiger partial charge on any atom is 0.408 e. The van der Waals surface area contributed by atoms with Gasteiger partial charge in [0.05, 0.1) is 63.3 Å². The van der Waals surface area contributed by atoms with Crippen molar-refractivity contribution < 1.29 is 91.6 Å². The van der Waals surface area contributed by atoms with Gasteiger partial charge in [0.25, 0.3) is 0 Å². The second-order valence-corrected chi connectivity index (χ2v) is 38.8. The third kappa shape index (κ3) is 50.5. The fourth-order valence-corrected chi connectivity index (χ4v) is 13.1. The van der Waals surface area contributed by atoms with E-state index in [0.717, 1.165) is 98.4 Å². The van der Waals surface area contributed by atoms with Gasteiger partial charge < -0.3 is 84.7 Å². The van der Waals surface area contributed by atoms with Gasteiger partial charge in [0.2, 0.25) is 0 Å². The molecule has 5 amide bonds. The average molecular weight is 1950 g/mol. The van der Waals surface area contributed by atoms with Gasteiger partial charge in [-0.15, -0.1) is 0 Å².